The summed E-state index contributed by atoms with van der Waals surface area (Å²) in [6.45, 7) is 1.58. The molecule has 1 saturated heterocycles. The topological polar surface area (TPSA) is 84.9 Å². The zero-order valence-electron chi connectivity index (χ0n) is 19.9. The maximum atomic E-state index is 13.5. The van der Waals surface area contributed by atoms with Crippen LogP contribution in [0.4, 0.5) is 14.9 Å². The number of rotatable bonds is 8. The number of thioether (sulfide) groups is 1. The van der Waals surface area contributed by atoms with Crippen molar-refractivity contribution >= 4 is 56.5 Å². The van der Waals surface area contributed by atoms with Gasteiger partial charge in [0.05, 0.1) is 16.5 Å². The first kappa shape index (κ1) is 26.4. The molecule has 1 fully saturated rings. The van der Waals surface area contributed by atoms with Crippen LogP contribution in [0.3, 0.4) is 0 Å². The Bertz CT molecular complexity index is 1410. The summed E-state index contributed by atoms with van der Waals surface area (Å²) in [5, 5.41) is 2.20. The minimum absolute atomic E-state index is 0.121. The number of hydrogen-bond donors (Lipinski definition) is 1. The molecule has 1 aliphatic rings. The fourth-order valence-corrected chi connectivity index (χ4v) is 4.99. The molecule has 190 valence electrons. The number of aryl methyl sites for hydroxylation is 1. The van der Waals surface area contributed by atoms with Gasteiger partial charge in [0.1, 0.15) is 19.0 Å². The number of hydrogen-bond acceptors (Lipinski definition) is 6. The van der Waals surface area contributed by atoms with Crippen molar-refractivity contribution < 1.29 is 28.2 Å². The number of amides is 3. The SMILES string of the molecule is COc1cc(/C=C2/SC(=O)N(CC(=O)Nc3ccccc3C)C2=O)cc(Br)c1OCc1cccc(F)c1. The molecule has 3 amide bonds. The fourth-order valence-electron chi connectivity index (χ4n) is 3.58. The molecule has 10 heteroatoms. The molecule has 0 aromatic heterocycles. The Balaban J connectivity index is 1.48. The molecule has 0 unspecified atom stereocenters. The maximum Gasteiger partial charge on any atom is 0.294 e. The van der Waals surface area contributed by atoms with Crippen LogP contribution in [0.1, 0.15) is 16.7 Å². The summed E-state index contributed by atoms with van der Waals surface area (Å²) in [5.74, 6) is -0.596. The number of carbonyl (C=O) groups is 3. The van der Waals surface area contributed by atoms with Gasteiger partial charge < -0.3 is 14.8 Å². The number of nitrogens with zero attached hydrogens (tertiary/aromatic N) is 1. The Labute approximate surface area is 225 Å². The predicted octanol–water partition coefficient (Wildman–Crippen LogP) is 6.16. The summed E-state index contributed by atoms with van der Waals surface area (Å²) >= 11 is 4.21. The lowest BCUT2D eigenvalue weighted by Gasteiger charge is -2.14. The Kier molecular flexibility index (Phi) is 8.30. The van der Waals surface area contributed by atoms with Crippen molar-refractivity contribution in [3.05, 3.63) is 92.5 Å². The second-order valence-electron chi connectivity index (χ2n) is 8.08. The Morgan fingerprint density at radius 3 is 2.65 bits per heavy atom. The Morgan fingerprint density at radius 2 is 1.92 bits per heavy atom. The molecule has 3 aromatic rings. The third-order valence-corrected chi connectivity index (χ3v) is 6.91. The minimum atomic E-state index is -0.559. The molecule has 0 spiro atoms. The summed E-state index contributed by atoms with van der Waals surface area (Å²) in [5.41, 5.74) is 2.72. The molecule has 0 atom stereocenters. The quantitative estimate of drug-likeness (QED) is 0.319. The predicted molar refractivity (Wildman–Crippen MR) is 144 cm³/mol. The van der Waals surface area contributed by atoms with E-state index in [1.165, 1.54) is 19.2 Å². The summed E-state index contributed by atoms with van der Waals surface area (Å²) in [4.78, 5) is 39.0. The van der Waals surface area contributed by atoms with E-state index in [0.717, 1.165) is 22.2 Å². The molecule has 1 aliphatic heterocycles. The van der Waals surface area contributed by atoms with Gasteiger partial charge in [-0.1, -0.05) is 30.3 Å². The van der Waals surface area contributed by atoms with Crippen LogP contribution in [-0.2, 0) is 16.2 Å². The molecule has 3 aromatic carbocycles. The number of imide groups is 1. The highest BCUT2D eigenvalue weighted by molar-refractivity contribution is 9.10. The van der Waals surface area contributed by atoms with Crippen LogP contribution >= 0.6 is 27.7 Å². The van der Waals surface area contributed by atoms with E-state index in [-0.39, 0.29) is 17.3 Å². The van der Waals surface area contributed by atoms with Crippen LogP contribution < -0.4 is 14.8 Å². The number of nitrogens with one attached hydrogen (secondary N) is 1. The molecule has 0 radical (unpaired) electrons. The molecule has 0 bridgehead atoms. The first-order valence-corrected chi connectivity index (χ1v) is 12.7. The van der Waals surface area contributed by atoms with Gasteiger partial charge in [-0.05, 0) is 87.7 Å². The zero-order chi connectivity index (χ0) is 26.5. The van der Waals surface area contributed by atoms with E-state index in [9.17, 15) is 18.8 Å². The molecular weight excluding hydrogens is 563 g/mol. The standard InChI is InChI=1S/C27H22BrFN2O5S/c1-16-6-3-4-9-21(16)30-24(32)14-31-26(33)23(37-27(31)34)13-18-11-20(28)25(22(12-18)35-2)36-15-17-7-5-8-19(29)10-17/h3-13H,14-15H2,1-2H3,(H,30,32)/b23-13+. The second kappa shape index (κ2) is 11.6. The number of ether oxygens (including phenoxy) is 2. The number of halogens is 2. The van der Waals surface area contributed by atoms with Crippen molar-refractivity contribution in [2.75, 3.05) is 19.0 Å². The van der Waals surface area contributed by atoms with Crippen molar-refractivity contribution in [1.82, 2.24) is 4.90 Å². The van der Waals surface area contributed by atoms with Gasteiger partial charge in [0.25, 0.3) is 11.1 Å². The van der Waals surface area contributed by atoms with E-state index in [0.29, 0.717) is 32.8 Å². The van der Waals surface area contributed by atoms with Crippen LogP contribution in [0, 0.1) is 12.7 Å². The van der Waals surface area contributed by atoms with E-state index in [4.69, 9.17) is 9.47 Å². The monoisotopic (exact) mass is 584 g/mol. The van der Waals surface area contributed by atoms with Crippen LogP contribution in [0.5, 0.6) is 11.5 Å². The number of benzene rings is 3. The lowest BCUT2D eigenvalue weighted by atomic mass is 10.1. The fraction of sp³-hybridized carbons (Fsp3) is 0.148. The third kappa shape index (κ3) is 6.39. The van der Waals surface area contributed by atoms with Gasteiger partial charge in [0.2, 0.25) is 5.91 Å². The molecule has 1 N–H and O–H groups in total. The van der Waals surface area contributed by atoms with Crippen LogP contribution in [0.15, 0.2) is 70.0 Å². The van der Waals surface area contributed by atoms with E-state index < -0.39 is 23.6 Å². The summed E-state index contributed by atoms with van der Waals surface area (Å²) in [6.07, 6.45) is 1.55. The highest BCUT2D eigenvalue weighted by atomic mass is 79.9. The first-order chi connectivity index (χ1) is 17.7. The zero-order valence-corrected chi connectivity index (χ0v) is 22.3. The molecule has 0 saturated carbocycles. The van der Waals surface area contributed by atoms with Crippen molar-refractivity contribution in [3.63, 3.8) is 0 Å². The van der Waals surface area contributed by atoms with Gasteiger partial charge >= 0.3 is 0 Å². The van der Waals surface area contributed by atoms with Crippen LogP contribution in [-0.4, -0.2) is 35.6 Å². The van der Waals surface area contributed by atoms with Crippen molar-refractivity contribution in [2.24, 2.45) is 0 Å². The summed E-state index contributed by atoms with van der Waals surface area (Å²) < 4.78 is 25.3. The Morgan fingerprint density at radius 1 is 1.14 bits per heavy atom. The highest BCUT2D eigenvalue weighted by Gasteiger charge is 2.36. The average Bonchev–Trinajstić information content (AvgIpc) is 3.11. The first-order valence-electron chi connectivity index (χ1n) is 11.1. The molecule has 1 heterocycles. The number of anilines is 1. The largest absolute Gasteiger partial charge is 0.493 e. The Hall–Kier alpha value is -3.63. The lowest BCUT2D eigenvalue weighted by Crippen LogP contribution is -2.36. The van der Waals surface area contributed by atoms with Gasteiger partial charge in [-0.25, -0.2) is 4.39 Å². The van der Waals surface area contributed by atoms with E-state index in [1.54, 1.807) is 42.5 Å². The van der Waals surface area contributed by atoms with E-state index in [1.807, 2.05) is 19.1 Å². The molecule has 4 rings (SSSR count). The highest BCUT2D eigenvalue weighted by Crippen LogP contribution is 2.39. The van der Waals surface area contributed by atoms with E-state index >= 15 is 0 Å². The smallest absolute Gasteiger partial charge is 0.294 e. The van der Waals surface area contributed by atoms with E-state index in [2.05, 4.69) is 21.2 Å². The van der Waals surface area contributed by atoms with Crippen LogP contribution in [0.2, 0.25) is 0 Å². The number of methoxy groups -OCH3 is 1. The normalized spacial score (nSPS) is 14.3. The third-order valence-electron chi connectivity index (χ3n) is 5.42. The number of para-hydroxylation sites is 1. The van der Waals surface area contributed by atoms with Crippen molar-refractivity contribution in [2.45, 2.75) is 13.5 Å². The van der Waals surface area contributed by atoms with Gasteiger partial charge in [0, 0.05) is 5.69 Å². The molecule has 37 heavy (non-hydrogen) atoms. The maximum absolute atomic E-state index is 13.5. The van der Waals surface area contributed by atoms with Gasteiger partial charge in [-0.15, -0.1) is 0 Å². The summed E-state index contributed by atoms with van der Waals surface area (Å²) in [7, 11) is 1.47. The molecular formula is C27H22BrFN2O5S. The van der Waals surface area contributed by atoms with Gasteiger partial charge in [-0.2, -0.15) is 0 Å². The van der Waals surface area contributed by atoms with Crippen molar-refractivity contribution in [3.8, 4) is 11.5 Å². The average molecular weight is 585 g/mol. The van der Waals surface area contributed by atoms with Crippen molar-refractivity contribution in [1.29, 1.82) is 0 Å². The lowest BCUT2D eigenvalue weighted by molar-refractivity contribution is -0.127. The number of carbonyl (C=O) groups excluding carboxylic acids is 3. The molecule has 7 nitrogen and oxygen atoms in total. The molecule has 0 aliphatic carbocycles. The summed E-state index contributed by atoms with van der Waals surface area (Å²) in [6, 6.07) is 16.7. The van der Waals surface area contributed by atoms with Gasteiger partial charge in [-0.3, -0.25) is 19.3 Å². The van der Waals surface area contributed by atoms with Gasteiger partial charge in [0.15, 0.2) is 11.5 Å². The minimum Gasteiger partial charge on any atom is -0.493 e. The second-order valence-corrected chi connectivity index (χ2v) is 9.93. The van der Waals surface area contributed by atoms with Crippen LogP contribution in [0.25, 0.3) is 6.08 Å².